The maximum Gasteiger partial charge on any atom is 0.0594 e. The number of hydrogen-bond donors (Lipinski definition) is 0. The minimum absolute atomic E-state index is 0.408. The number of benzene rings is 1. The summed E-state index contributed by atoms with van der Waals surface area (Å²) >= 11 is 0. The molecule has 1 aromatic rings. The predicted octanol–water partition coefficient (Wildman–Crippen LogP) is 3.14. The molecule has 1 saturated heterocycles. The molecule has 0 radical (unpaired) electrons. The van der Waals surface area contributed by atoms with E-state index in [0.29, 0.717) is 5.41 Å². The van der Waals surface area contributed by atoms with Gasteiger partial charge < -0.3 is 4.74 Å². The Morgan fingerprint density at radius 2 is 1.68 bits per heavy atom. The summed E-state index contributed by atoms with van der Waals surface area (Å²) in [6.45, 7) is 7.42. The Kier molecular flexibility index (Phi) is 3.90. The lowest BCUT2D eigenvalue weighted by Gasteiger charge is -2.37. The Balaban J connectivity index is 1.79. The Hall–Kier alpha value is -0.860. The Morgan fingerprint density at radius 1 is 1.05 bits per heavy atom. The SMILES string of the molecule is Cc1ccc(C2(CN3CCOCC3)CCCC2)cc1. The first-order chi connectivity index (χ1) is 9.28. The standard InChI is InChI=1S/C17H25NO/c1-15-4-6-16(7-5-15)17(8-2-3-9-17)14-18-10-12-19-13-11-18/h4-7H,2-3,8-14H2,1H3. The number of ether oxygens (including phenoxy) is 1. The van der Waals surface area contributed by atoms with Crippen molar-refractivity contribution in [3.8, 4) is 0 Å². The Labute approximate surface area is 116 Å². The molecule has 0 spiro atoms. The van der Waals surface area contributed by atoms with Crippen LogP contribution in [0.15, 0.2) is 24.3 Å². The van der Waals surface area contributed by atoms with E-state index in [4.69, 9.17) is 4.74 Å². The lowest BCUT2D eigenvalue weighted by molar-refractivity contribution is 0.0270. The average molecular weight is 259 g/mol. The highest BCUT2D eigenvalue weighted by atomic mass is 16.5. The average Bonchev–Trinajstić information content (AvgIpc) is 2.90. The van der Waals surface area contributed by atoms with E-state index in [2.05, 4.69) is 36.1 Å². The van der Waals surface area contributed by atoms with Crippen molar-refractivity contribution in [2.24, 2.45) is 0 Å². The molecule has 2 nitrogen and oxygen atoms in total. The Morgan fingerprint density at radius 3 is 2.32 bits per heavy atom. The highest BCUT2D eigenvalue weighted by Gasteiger charge is 2.37. The van der Waals surface area contributed by atoms with Crippen LogP contribution in [0.4, 0.5) is 0 Å². The molecule has 1 aliphatic heterocycles. The third-order valence-electron chi connectivity index (χ3n) is 4.85. The molecular weight excluding hydrogens is 234 g/mol. The summed E-state index contributed by atoms with van der Waals surface area (Å²) in [6, 6.07) is 9.27. The highest BCUT2D eigenvalue weighted by Crippen LogP contribution is 2.41. The van der Waals surface area contributed by atoms with Gasteiger partial charge in [-0.1, -0.05) is 42.7 Å². The largest absolute Gasteiger partial charge is 0.379 e. The fraction of sp³-hybridized carbons (Fsp3) is 0.647. The van der Waals surface area contributed by atoms with E-state index >= 15 is 0 Å². The van der Waals surface area contributed by atoms with Crippen LogP contribution in [-0.4, -0.2) is 37.7 Å². The maximum absolute atomic E-state index is 5.48. The first kappa shape index (κ1) is 13.1. The first-order valence-corrected chi connectivity index (χ1v) is 7.66. The number of morpholine rings is 1. The summed E-state index contributed by atoms with van der Waals surface area (Å²) in [5.41, 5.74) is 3.33. The van der Waals surface area contributed by atoms with Gasteiger partial charge in [0.1, 0.15) is 0 Å². The lowest BCUT2D eigenvalue weighted by Crippen LogP contribution is -2.44. The number of nitrogens with zero attached hydrogens (tertiary/aromatic N) is 1. The number of aryl methyl sites for hydroxylation is 1. The maximum atomic E-state index is 5.48. The second kappa shape index (κ2) is 5.64. The quantitative estimate of drug-likeness (QED) is 0.827. The molecule has 2 aliphatic rings. The van der Waals surface area contributed by atoms with Crippen LogP contribution < -0.4 is 0 Å². The molecule has 0 amide bonds. The fourth-order valence-electron chi connectivity index (χ4n) is 3.68. The van der Waals surface area contributed by atoms with Crippen LogP contribution in [0.25, 0.3) is 0 Å². The van der Waals surface area contributed by atoms with Crippen LogP contribution >= 0.6 is 0 Å². The van der Waals surface area contributed by atoms with E-state index in [1.165, 1.54) is 37.8 Å². The van der Waals surface area contributed by atoms with Gasteiger partial charge in [-0.05, 0) is 25.3 Å². The van der Waals surface area contributed by atoms with Gasteiger partial charge in [-0.3, -0.25) is 4.90 Å². The second-order valence-corrected chi connectivity index (χ2v) is 6.24. The third kappa shape index (κ3) is 2.85. The molecule has 3 rings (SSSR count). The van der Waals surface area contributed by atoms with Crippen molar-refractivity contribution in [1.29, 1.82) is 0 Å². The molecule has 1 aromatic carbocycles. The van der Waals surface area contributed by atoms with Gasteiger partial charge in [0.2, 0.25) is 0 Å². The summed E-state index contributed by atoms with van der Waals surface area (Å²) in [5, 5.41) is 0. The molecule has 0 aromatic heterocycles. The zero-order chi connectivity index (χ0) is 13.1. The van der Waals surface area contributed by atoms with E-state index in [-0.39, 0.29) is 0 Å². The zero-order valence-electron chi connectivity index (χ0n) is 12.0. The molecule has 104 valence electrons. The van der Waals surface area contributed by atoms with Gasteiger partial charge in [0.05, 0.1) is 13.2 Å². The molecule has 0 atom stereocenters. The summed E-state index contributed by atoms with van der Waals surface area (Å²) in [5.74, 6) is 0. The van der Waals surface area contributed by atoms with Crippen molar-refractivity contribution >= 4 is 0 Å². The molecule has 1 heterocycles. The zero-order valence-corrected chi connectivity index (χ0v) is 12.0. The van der Waals surface area contributed by atoms with E-state index in [0.717, 1.165) is 26.3 Å². The molecular formula is C17H25NO. The number of hydrogen-bond acceptors (Lipinski definition) is 2. The summed E-state index contributed by atoms with van der Waals surface area (Å²) < 4.78 is 5.48. The second-order valence-electron chi connectivity index (χ2n) is 6.24. The van der Waals surface area contributed by atoms with Gasteiger partial charge in [0.15, 0.2) is 0 Å². The van der Waals surface area contributed by atoms with Crippen LogP contribution in [0.2, 0.25) is 0 Å². The van der Waals surface area contributed by atoms with Gasteiger partial charge >= 0.3 is 0 Å². The van der Waals surface area contributed by atoms with Crippen molar-refractivity contribution in [2.75, 3.05) is 32.8 Å². The summed E-state index contributed by atoms with van der Waals surface area (Å²) in [6.07, 6.45) is 5.48. The molecule has 0 unspecified atom stereocenters. The highest BCUT2D eigenvalue weighted by molar-refractivity contribution is 5.30. The molecule has 2 heteroatoms. The smallest absolute Gasteiger partial charge is 0.0594 e. The van der Waals surface area contributed by atoms with Crippen molar-refractivity contribution in [1.82, 2.24) is 4.90 Å². The van der Waals surface area contributed by atoms with Crippen molar-refractivity contribution < 1.29 is 4.74 Å². The van der Waals surface area contributed by atoms with Gasteiger partial charge in [-0.2, -0.15) is 0 Å². The fourth-order valence-corrected chi connectivity index (χ4v) is 3.68. The summed E-state index contributed by atoms with van der Waals surface area (Å²) in [7, 11) is 0. The normalized spacial score (nSPS) is 23.6. The molecule has 1 saturated carbocycles. The first-order valence-electron chi connectivity index (χ1n) is 7.66. The van der Waals surface area contributed by atoms with E-state index < -0.39 is 0 Å². The number of rotatable bonds is 3. The van der Waals surface area contributed by atoms with Crippen LogP contribution in [0.5, 0.6) is 0 Å². The molecule has 1 aliphatic carbocycles. The molecule has 0 N–H and O–H groups in total. The van der Waals surface area contributed by atoms with Gasteiger partial charge in [0, 0.05) is 25.0 Å². The molecule has 19 heavy (non-hydrogen) atoms. The van der Waals surface area contributed by atoms with E-state index in [9.17, 15) is 0 Å². The Bertz CT molecular complexity index is 400. The van der Waals surface area contributed by atoms with E-state index in [1.54, 1.807) is 5.56 Å². The van der Waals surface area contributed by atoms with Crippen molar-refractivity contribution in [3.63, 3.8) is 0 Å². The minimum atomic E-state index is 0.408. The van der Waals surface area contributed by atoms with Gasteiger partial charge in [-0.15, -0.1) is 0 Å². The monoisotopic (exact) mass is 259 g/mol. The molecule has 0 bridgehead atoms. The van der Waals surface area contributed by atoms with Crippen LogP contribution in [0.1, 0.15) is 36.8 Å². The van der Waals surface area contributed by atoms with Crippen molar-refractivity contribution in [3.05, 3.63) is 35.4 Å². The third-order valence-corrected chi connectivity index (χ3v) is 4.85. The van der Waals surface area contributed by atoms with Crippen LogP contribution in [-0.2, 0) is 10.2 Å². The van der Waals surface area contributed by atoms with Crippen LogP contribution in [0.3, 0.4) is 0 Å². The van der Waals surface area contributed by atoms with Gasteiger partial charge in [-0.25, -0.2) is 0 Å². The van der Waals surface area contributed by atoms with Crippen molar-refractivity contribution in [2.45, 2.75) is 38.0 Å². The lowest BCUT2D eigenvalue weighted by atomic mass is 9.78. The predicted molar refractivity (Wildman–Crippen MR) is 78.6 cm³/mol. The van der Waals surface area contributed by atoms with Crippen LogP contribution in [0, 0.1) is 6.92 Å². The summed E-state index contributed by atoms with van der Waals surface area (Å²) in [4.78, 5) is 2.61. The minimum Gasteiger partial charge on any atom is -0.379 e. The van der Waals surface area contributed by atoms with Gasteiger partial charge in [0.25, 0.3) is 0 Å². The van der Waals surface area contributed by atoms with E-state index in [1.807, 2.05) is 0 Å². The molecule has 2 fully saturated rings. The topological polar surface area (TPSA) is 12.5 Å².